The Morgan fingerprint density at radius 2 is 1.85 bits per heavy atom. The third kappa shape index (κ3) is 7.00. The van der Waals surface area contributed by atoms with Crippen LogP contribution in [0.15, 0.2) is 30.9 Å². The van der Waals surface area contributed by atoms with E-state index in [1.807, 2.05) is 0 Å². The number of nitrogens with zero attached hydrogens (tertiary/aromatic N) is 5. The maximum Gasteiger partial charge on any atom is 0.414 e. The summed E-state index contributed by atoms with van der Waals surface area (Å²) in [5.41, 5.74) is 0.167. The summed E-state index contributed by atoms with van der Waals surface area (Å²) in [5, 5.41) is 2.31. The van der Waals surface area contributed by atoms with Crippen LogP contribution in [0, 0.1) is 0 Å². The Morgan fingerprint density at radius 1 is 1.13 bits per heavy atom. The fourth-order valence-corrected chi connectivity index (χ4v) is 4.06. The number of carbonyl (C=O) groups excluding carboxylic acids is 1. The van der Waals surface area contributed by atoms with Crippen LogP contribution in [0.25, 0.3) is 16.9 Å². The topological polar surface area (TPSA) is 93.9 Å². The Morgan fingerprint density at radius 3 is 2.41 bits per heavy atom. The van der Waals surface area contributed by atoms with Crippen molar-refractivity contribution in [2.45, 2.75) is 57.5 Å². The van der Waals surface area contributed by atoms with Crippen LogP contribution in [-0.2, 0) is 0 Å². The van der Waals surface area contributed by atoms with Gasteiger partial charge in [-0.3, -0.25) is 4.98 Å². The van der Waals surface area contributed by atoms with Gasteiger partial charge in [-0.15, -0.1) is 0 Å². The third-order valence-electron chi connectivity index (χ3n) is 6.02. The Kier molecular flexibility index (Phi) is 9.12. The number of fused-ring (bicyclic) bond motifs is 1. The molecule has 3 rings (SSSR count). The predicted molar refractivity (Wildman–Crippen MR) is 128 cm³/mol. The molecule has 0 saturated heterocycles. The highest BCUT2D eigenvalue weighted by Gasteiger charge is 2.47. The standard InChI is InChI=1S/C24H28F6N6O3/c1-5-14(7-8-23(25,26)27)33-22(37)36(6-2)19(24(28,29)30)16-11-15(18(38-3)12-32-16)17-13-35-10-9-31-20(35)21(34-17)39-4/h9-14,19H,5-8H2,1-4H3,(H,33,37)/t14-,19+/m1/s1. The van der Waals surface area contributed by atoms with Crippen LogP contribution in [0.2, 0.25) is 0 Å². The van der Waals surface area contributed by atoms with Gasteiger partial charge >= 0.3 is 18.4 Å². The molecular formula is C24H28F6N6O3. The zero-order valence-electron chi connectivity index (χ0n) is 21.6. The van der Waals surface area contributed by atoms with Crippen molar-refractivity contribution in [2.75, 3.05) is 20.8 Å². The summed E-state index contributed by atoms with van der Waals surface area (Å²) in [4.78, 5) is 25.8. The van der Waals surface area contributed by atoms with E-state index in [0.29, 0.717) is 10.5 Å². The summed E-state index contributed by atoms with van der Waals surface area (Å²) in [6.45, 7) is 2.47. The van der Waals surface area contributed by atoms with Gasteiger partial charge in [0.2, 0.25) is 0 Å². The molecule has 3 aromatic rings. The zero-order chi connectivity index (χ0) is 29.0. The number of nitrogens with one attached hydrogen (secondary N) is 1. The number of ether oxygens (including phenoxy) is 2. The quantitative estimate of drug-likeness (QED) is 0.325. The van der Waals surface area contributed by atoms with Gasteiger partial charge < -0.3 is 24.1 Å². The van der Waals surface area contributed by atoms with Crippen LogP contribution in [0.1, 0.15) is 44.8 Å². The SMILES string of the molecule is CC[C@H](CCC(F)(F)F)NC(=O)N(CC)[C@@H](c1cc(-c2cn3ccnc3c(OC)n2)c(OC)cn1)C(F)(F)F. The summed E-state index contributed by atoms with van der Waals surface area (Å²) in [6, 6.07) is -3.53. The monoisotopic (exact) mass is 562 g/mol. The lowest BCUT2D eigenvalue weighted by Crippen LogP contribution is -2.50. The second-order valence-corrected chi connectivity index (χ2v) is 8.54. The van der Waals surface area contributed by atoms with Crippen molar-refractivity contribution in [3.8, 4) is 22.9 Å². The van der Waals surface area contributed by atoms with E-state index in [1.165, 1.54) is 40.5 Å². The van der Waals surface area contributed by atoms with E-state index in [0.717, 1.165) is 12.3 Å². The molecule has 0 saturated carbocycles. The highest BCUT2D eigenvalue weighted by atomic mass is 19.4. The minimum absolute atomic E-state index is 0.102. The van der Waals surface area contributed by atoms with Crippen LogP contribution in [-0.4, -0.2) is 69.4 Å². The van der Waals surface area contributed by atoms with E-state index in [-0.39, 0.29) is 29.3 Å². The molecule has 39 heavy (non-hydrogen) atoms. The smallest absolute Gasteiger partial charge is 0.414 e. The molecule has 0 aromatic carbocycles. The summed E-state index contributed by atoms with van der Waals surface area (Å²) >= 11 is 0. The molecule has 0 spiro atoms. The molecule has 3 aromatic heterocycles. The summed E-state index contributed by atoms with van der Waals surface area (Å²) < 4.78 is 93.5. The Balaban J connectivity index is 2.03. The number of hydrogen-bond donors (Lipinski definition) is 1. The Hall–Kier alpha value is -3.78. The fourth-order valence-electron chi connectivity index (χ4n) is 4.06. The van der Waals surface area contributed by atoms with E-state index in [2.05, 4.69) is 20.3 Å². The van der Waals surface area contributed by atoms with Crippen molar-refractivity contribution >= 4 is 11.7 Å². The second-order valence-electron chi connectivity index (χ2n) is 8.54. The number of aromatic nitrogens is 4. The lowest BCUT2D eigenvalue weighted by molar-refractivity contribution is -0.179. The van der Waals surface area contributed by atoms with Gasteiger partial charge in [-0.25, -0.2) is 14.8 Å². The van der Waals surface area contributed by atoms with E-state index < -0.39 is 55.5 Å². The largest absolute Gasteiger partial charge is 0.494 e. The predicted octanol–water partition coefficient (Wildman–Crippen LogP) is 5.56. The molecule has 0 radical (unpaired) electrons. The number of amides is 2. The van der Waals surface area contributed by atoms with Gasteiger partial charge in [0, 0.05) is 43.2 Å². The third-order valence-corrected chi connectivity index (χ3v) is 6.02. The molecule has 2 amide bonds. The molecule has 0 bridgehead atoms. The lowest BCUT2D eigenvalue weighted by atomic mass is 10.1. The maximum atomic E-state index is 14.4. The van der Waals surface area contributed by atoms with Crippen LogP contribution in [0.4, 0.5) is 31.1 Å². The molecule has 3 heterocycles. The van der Waals surface area contributed by atoms with Crippen LogP contribution in [0.3, 0.4) is 0 Å². The number of carbonyl (C=O) groups is 1. The first kappa shape index (κ1) is 29.8. The van der Waals surface area contributed by atoms with Crippen molar-refractivity contribution < 1.29 is 40.6 Å². The first-order valence-corrected chi connectivity index (χ1v) is 11.9. The van der Waals surface area contributed by atoms with Gasteiger partial charge in [0.05, 0.1) is 31.8 Å². The highest BCUT2D eigenvalue weighted by molar-refractivity contribution is 5.75. The molecule has 214 valence electrons. The first-order valence-electron chi connectivity index (χ1n) is 11.9. The fraction of sp³-hybridized carbons (Fsp3) is 0.500. The number of methoxy groups -OCH3 is 2. The first-order chi connectivity index (χ1) is 18.3. The van der Waals surface area contributed by atoms with Crippen LogP contribution >= 0.6 is 0 Å². The van der Waals surface area contributed by atoms with Crippen molar-refractivity contribution in [3.05, 3.63) is 36.5 Å². The minimum Gasteiger partial charge on any atom is -0.494 e. The maximum absolute atomic E-state index is 14.4. The van der Waals surface area contributed by atoms with Gasteiger partial charge in [0.25, 0.3) is 5.88 Å². The molecule has 0 unspecified atom stereocenters. The summed E-state index contributed by atoms with van der Waals surface area (Å²) in [7, 11) is 2.68. The number of pyridine rings is 1. The molecule has 0 fully saturated rings. The molecule has 2 atom stereocenters. The van der Waals surface area contributed by atoms with E-state index in [4.69, 9.17) is 9.47 Å². The van der Waals surface area contributed by atoms with Gasteiger partial charge in [-0.1, -0.05) is 6.92 Å². The molecule has 0 aliphatic carbocycles. The molecule has 15 heteroatoms. The number of urea groups is 1. The van der Waals surface area contributed by atoms with Gasteiger partial charge in [0.1, 0.15) is 5.75 Å². The average molecular weight is 563 g/mol. The van der Waals surface area contributed by atoms with E-state index >= 15 is 0 Å². The Bertz CT molecular complexity index is 1280. The highest BCUT2D eigenvalue weighted by Crippen LogP contribution is 2.40. The minimum atomic E-state index is -4.97. The van der Waals surface area contributed by atoms with Crippen molar-refractivity contribution in [2.24, 2.45) is 0 Å². The molecule has 1 N–H and O–H groups in total. The van der Waals surface area contributed by atoms with Gasteiger partial charge in [-0.05, 0) is 25.8 Å². The van der Waals surface area contributed by atoms with Crippen LogP contribution in [0.5, 0.6) is 11.6 Å². The van der Waals surface area contributed by atoms with Gasteiger partial charge in [0.15, 0.2) is 11.7 Å². The number of alkyl halides is 6. The summed E-state index contributed by atoms with van der Waals surface area (Å²) in [6.07, 6.45) is -5.28. The molecule has 0 aliphatic heterocycles. The molecule has 0 aliphatic rings. The zero-order valence-corrected chi connectivity index (χ0v) is 21.6. The average Bonchev–Trinajstić information content (AvgIpc) is 3.36. The van der Waals surface area contributed by atoms with E-state index in [1.54, 1.807) is 10.6 Å². The normalized spacial score (nSPS) is 13.7. The molecule has 9 nitrogen and oxygen atoms in total. The van der Waals surface area contributed by atoms with Crippen molar-refractivity contribution in [3.63, 3.8) is 0 Å². The number of rotatable bonds is 10. The summed E-state index contributed by atoms with van der Waals surface area (Å²) in [5.74, 6) is 0.226. The second kappa shape index (κ2) is 11.9. The number of imidazole rings is 1. The van der Waals surface area contributed by atoms with Crippen molar-refractivity contribution in [1.82, 2.24) is 29.6 Å². The number of halogens is 6. The van der Waals surface area contributed by atoms with Crippen LogP contribution < -0.4 is 14.8 Å². The Labute approximate surface area is 220 Å². The van der Waals surface area contributed by atoms with E-state index in [9.17, 15) is 31.1 Å². The van der Waals surface area contributed by atoms with Gasteiger partial charge in [-0.2, -0.15) is 26.3 Å². The lowest BCUT2D eigenvalue weighted by Gasteiger charge is -2.33. The number of hydrogen-bond acceptors (Lipinski definition) is 6. The molecular weight excluding hydrogens is 534 g/mol. The van der Waals surface area contributed by atoms with Crippen molar-refractivity contribution in [1.29, 1.82) is 0 Å².